The van der Waals surface area contributed by atoms with Gasteiger partial charge >= 0.3 is 0 Å². The van der Waals surface area contributed by atoms with Crippen LogP contribution in [0.4, 0.5) is 0 Å². The van der Waals surface area contributed by atoms with Crippen molar-refractivity contribution < 1.29 is 4.79 Å². The van der Waals surface area contributed by atoms with Gasteiger partial charge in [0, 0.05) is 43.8 Å². The van der Waals surface area contributed by atoms with Gasteiger partial charge in [0.05, 0.1) is 30.0 Å². The molecule has 3 heterocycles. The number of nitrogens with zero attached hydrogens (tertiary/aromatic N) is 4. The Morgan fingerprint density at radius 1 is 1.19 bits per heavy atom. The molecule has 2 aliphatic heterocycles. The van der Waals surface area contributed by atoms with Gasteiger partial charge in [-0.1, -0.05) is 29.8 Å². The third kappa shape index (κ3) is 4.82. The fourth-order valence-electron chi connectivity index (χ4n) is 3.85. The molecule has 7 heteroatoms. The molecule has 7 nitrogen and oxygen atoms in total. The van der Waals surface area contributed by atoms with Crippen LogP contribution in [0.2, 0.25) is 0 Å². The van der Waals surface area contributed by atoms with Gasteiger partial charge in [0.25, 0.3) is 0 Å². The van der Waals surface area contributed by atoms with Crippen LogP contribution >= 0.6 is 0 Å². The SMILES string of the molecule is CNC1=C\CN=C(c2c(-c3ccc(C)cc3)ncn2CC2CNC(=O)C2)\C=C/C(C)=N/1. The van der Waals surface area contributed by atoms with E-state index >= 15 is 0 Å². The Bertz CT molecular complexity index is 1090. The van der Waals surface area contributed by atoms with Crippen molar-refractivity contribution in [2.75, 3.05) is 20.1 Å². The molecule has 1 saturated heterocycles. The smallest absolute Gasteiger partial charge is 0.220 e. The molecule has 4 rings (SSSR count). The van der Waals surface area contributed by atoms with Gasteiger partial charge in [-0.05, 0) is 32.1 Å². The average Bonchev–Trinajstić information content (AvgIpc) is 3.37. The third-order valence-corrected chi connectivity index (χ3v) is 5.50. The van der Waals surface area contributed by atoms with E-state index in [1.54, 1.807) is 0 Å². The number of allylic oxidation sites excluding steroid dienone is 2. The Kier molecular flexibility index (Phi) is 6.11. The van der Waals surface area contributed by atoms with Gasteiger partial charge in [-0.15, -0.1) is 0 Å². The minimum absolute atomic E-state index is 0.113. The van der Waals surface area contributed by atoms with Crippen LogP contribution in [0.25, 0.3) is 11.3 Å². The number of nitrogens with one attached hydrogen (secondary N) is 2. The molecule has 0 saturated carbocycles. The van der Waals surface area contributed by atoms with Crippen molar-refractivity contribution in [3.63, 3.8) is 0 Å². The number of carbonyl (C=O) groups excluding carboxylic acids is 1. The number of amides is 1. The Morgan fingerprint density at radius 2 is 2.00 bits per heavy atom. The van der Waals surface area contributed by atoms with Crippen molar-refractivity contribution >= 4 is 17.3 Å². The highest BCUT2D eigenvalue weighted by molar-refractivity contribution is 6.13. The van der Waals surface area contributed by atoms with Crippen molar-refractivity contribution in [2.24, 2.45) is 15.9 Å². The lowest BCUT2D eigenvalue weighted by molar-refractivity contribution is -0.119. The van der Waals surface area contributed by atoms with Crippen molar-refractivity contribution in [2.45, 2.75) is 26.8 Å². The van der Waals surface area contributed by atoms with Crippen LogP contribution in [0.1, 0.15) is 24.6 Å². The third-order valence-electron chi connectivity index (χ3n) is 5.50. The minimum Gasteiger partial charge on any atom is -0.373 e. The number of rotatable bonds is 5. The summed E-state index contributed by atoms with van der Waals surface area (Å²) < 4.78 is 2.14. The first kappa shape index (κ1) is 20.8. The molecule has 1 fully saturated rings. The molecule has 31 heavy (non-hydrogen) atoms. The molecule has 0 spiro atoms. The molecule has 0 aliphatic carbocycles. The van der Waals surface area contributed by atoms with E-state index in [4.69, 9.17) is 9.98 Å². The van der Waals surface area contributed by atoms with Gasteiger partial charge in [-0.2, -0.15) is 0 Å². The second-order valence-corrected chi connectivity index (χ2v) is 7.99. The number of imidazole rings is 1. The monoisotopic (exact) mass is 416 g/mol. The molecule has 0 bridgehead atoms. The van der Waals surface area contributed by atoms with Crippen molar-refractivity contribution in [1.29, 1.82) is 0 Å². The van der Waals surface area contributed by atoms with Gasteiger partial charge in [0.15, 0.2) is 0 Å². The van der Waals surface area contributed by atoms with Gasteiger partial charge < -0.3 is 15.2 Å². The molecule has 0 radical (unpaired) electrons. The van der Waals surface area contributed by atoms with Crippen molar-refractivity contribution in [3.05, 3.63) is 65.9 Å². The molecule has 160 valence electrons. The summed E-state index contributed by atoms with van der Waals surface area (Å²) in [7, 11) is 1.86. The van der Waals surface area contributed by atoms with Crippen LogP contribution in [0.3, 0.4) is 0 Å². The first-order valence-electron chi connectivity index (χ1n) is 10.6. The van der Waals surface area contributed by atoms with E-state index in [1.807, 2.05) is 38.5 Å². The van der Waals surface area contributed by atoms with Gasteiger partial charge in [-0.3, -0.25) is 9.79 Å². The molecule has 1 atom stereocenters. The summed E-state index contributed by atoms with van der Waals surface area (Å²) in [6, 6.07) is 8.38. The molecule has 1 aromatic heterocycles. The summed E-state index contributed by atoms with van der Waals surface area (Å²) in [5.41, 5.74) is 5.86. The molecular weight excluding hydrogens is 388 g/mol. The van der Waals surface area contributed by atoms with Crippen LogP contribution < -0.4 is 10.6 Å². The maximum atomic E-state index is 11.7. The Morgan fingerprint density at radius 3 is 2.71 bits per heavy atom. The topological polar surface area (TPSA) is 83.7 Å². The molecule has 2 aliphatic rings. The number of aromatic nitrogens is 2. The van der Waals surface area contributed by atoms with E-state index in [2.05, 4.69) is 51.4 Å². The number of benzene rings is 1. The fourth-order valence-corrected chi connectivity index (χ4v) is 3.85. The van der Waals surface area contributed by atoms with Crippen LogP contribution in [0.5, 0.6) is 0 Å². The Labute approximate surface area is 182 Å². The highest BCUT2D eigenvalue weighted by Gasteiger charge is 2.25. The number of aryl methyl sites for hydroxylation is 1. The summed E-state index contributed by atoms with van der Waals surface area (Å²) >= 11 is 0. The highest BCUT2D eigenvalue weighted by atomic mass is 16.1. The zero-order chi connectivity index (χ0) is 21.8. The summed E-state index contributed by atoms with van der Waals surface area (Å²) in [4.78, 5) is 25.9. The predicted molar refractivity (Wildman–Crippen MR) is 124 cm³/mol. The first-order chi connectivity index (χ1) is 15.0. The Balaban J connectivity index is 1.78. The van der Waals surface area contributed by atoms with Gasteiger partial charge in [-0.25, -0.2) is 9.98 Å². The van der Waals surface area contributed by atoms with Crippen LogP contribution in [0.15, 0.2) is 64.6 Å². The molecule has 2 aromatic rings. The maximum absolute atomic E-state index is 11.7. The second kappa shape index (κ2) is 9.12. The normalized spacial score (nSPS) is 23.4. The predicted octanol–water partition coefficient (Wildman–Crippen LogP) is 2.88. The van der Waals surface area contributed by atoms with E-state index in [-0.39, 0.29) is 11.8 Å². The van der Waals surface area contributed by atoms with E-state index in [9.17, 15) is 4.79 Å². The quantitative estimate of drug-likeness (QED) is 0.786. The maximum Gasteiger partial charge on any atom is 0.220 e. The lowest BCUT2D eigenvalue weighted by Crippen LogP contribution is -2.18. The Hall–Kier alpha value is -3.48. The number of carbonyl (C=O) groups is 1. The summed E-state index contributed by atoms with van der Waals surface area (Å²) in [6.45, 7) is 5.96. The van der Waals surface area contributed by atoms with Crippen molar-refractivity contribution in [3.8, 4) is 11.3 Å². The molecule has 2 N–H and O–H groups in total. The molecule has 1 unspecified atom stereocenters. The lowest BCUT2D eigenvalue weighted by Gasteiger charge is -2.14. The van der Waals surface area contributed by atoms with E-state index in [0.717, 1.165) is 34.2 Å². The number of hydrogen-bond acceptors (Lipinski definition) is 5. The second-order valence-electron chi connectivity index (χ2n) is 7.99. The van der Waals surface area contributed by atoms with Crippen molar-refractivity contribution in [1.82, 2.24) is 20.2 Å². The lowest BCUT2D eigenvalue weighted by atomic mass is 10.0. The number of aliphatic imine (C=N–C) groups is 2. The standard InChI is InChI=1S/C24H28N6O/c1-16-4-7-19(8-5-16)23-24(30(15-28-23)14-18-12-22(31)27-13-18)20-9-6-17(2)29-21(25-3)10-11-26-20/h4-10,15,18,25H,11-14H2,1-3H3,(H,27,31)/b9-6-,21-10-,26-20?,29-17+. The first-order valence-corrected chi connectivity index (χ1v) is 10.6. The largest absolute Gasteiger partial charge is 0.373 e. The fraction of sp³-hybridized carbons (Fsp3) is 0.333. The zero-order valence-electron chi connectivity index (χ0n) is 18.2. The molecular formula is C24H28N6O. The zero-order valence-corrected chi connectivity index (χ0v) is 18.2. The molecule has 1 amide bonds. The van der Waals surface area contributed by atoms with Crippen LogP contribution in [-0.2, 0) is 11.3 Å². The van der Waals surface area contributed by atoms with Gasteiger partial charge in [0.1, 0.15) is 5.82 Å². The molecule has 1 aromatic carbocycles. The van der Waals surface area contributed by atoms with Gasteiger partial charge in [0.2, 0.25) is 5.91 Å². The summed E-state index contributed by atoms with van der Waals surface area (Å²) in [5, 5.41) is 6.03. The van der Waals surface area contributed by atoms with E-state index in [1.165, 1.54) is 5.56 Å². The summed E-state index contributed by atoms with van der Waals surface area (Å²) in [6.07, 6.45) is 8.37. The number of hydrogen-bond donors (Lipinski definition) is 2. The minimum atomic E-state index is 0.113. The van der Waals surface area contributed by atoms with Crippen LogP contribution in [-0.4, -0.2) is 47.0 Å². The van der Waals surface area contributed by atoms with E-state index in [0.29, 0.717) is 26.1 Å². The highest BCUT2D eigenvalue weighted by Crippen LogP contribution is 2.26. The summed E-state index contributed by atoms with van der Waals surface area (Å²) in [5.74, 6) is 1.16. The average molecular weight is 417 g/mol. The van der Waals surface area contributed by atoms with E-state index < -0.39 is 0 Å². The van der Waals surface area contributed by atoms with Crippen LogP contribution in [0, 0.1) is 12.8 Å².